The SMILES string of the molecule is COc1ccc2c(c1)CCCC2C1(C)CCN(C)C1. The molecule has 1 aromatic rings. The number of likely N-dealkylation sites (tertiary alicyclic amines) is 1. The Hall–Kier alpha value is -1.02. The van der Waals surface area contributed by atoms with Crippen LogP contribution in [-0.4, -0.2) is 32.1 Å². The summed E-state index contributed by atoms with van der Waals surface area (Å²) in [5.41, 5.74) is 3.56. The summed E-state index contributed by atoms with van der Waals surface area (Å²) in [7, 11) is 4.01. The van der Waals surface area contributed by atoms with Gasteiger partial charge in [-0.05, 0) is 73.9 Å². The molecular formula is C17H25NO. The van der Waals surface area contributed by atoms with Gasteiger partial charge in [-0.25, -0.2) is 0 Å². The Morgan fingerprint density at radius 3 is 2.89 bits per heavy atom. The number of ether oxygens (including phenoxy) is 1. The van der Waals surface area contributed by atoms with Crippen LogP contribution in [0, 0.1) is 5.41 Å². The summed E-state index contributed by atoms with van der Waals surface area (Å²) in [6, 6.07) is 6.71. The van der Waals surface area contributed by atoms with Crippen LogP contribution >= 0.6 is 0 Å². The highest BCUT2D eigenvalue weighted by atomic mass is 16.5. The van der Waals surface area contributed by atoms with Gasteiger partial charge < -0.3 is 9.64 Å². The van der Waals surface area contributed by atoms with E-state index in [0.29, 0.717) is 5.41 Å². The van der Waals surface area contributed by atoms with Crippen LogP contribution in [0.3, 0.4) is 0 Å². The van der Waals surface area contributed by atoms with Gasteiger partial charge in [0.25, 0.3) is 0 Å². The van der Waals surface area contributed by atoms with Crippen LogP contribution in [0.4, 0.5) is 0 Å². The molecule has 1 aliphatic heterocycles. The number of rotatable bonds is 2. The van der Waals surface area contributed by atoms with E-state index < -0.39 is 0 Å². The van der Waals surface area contributed by atoms with Gasteiger partial charge >= 0.3 is 0 Å². The molecule has 0 radical (unpaired) electrons. The van der Waals surface area contributed by atoms with Gasteiger partial charge in [0.1, 0.15) is 5.75 Å². The average molecular weight is 259 g/mol. The number of hydrogen-bond acceptors (Lipinski definition) is 2. The van der Waals surface area contributed by atoms with Gasteiger partial charge in [-0.1, -0.05) is 13.0 Å². The first-order valence-electron chi connectivity index (χ1n) is 7.48. The molecule has 0 saturated carbocycles. The lowest BCUT2D eigenvalue weighted by Crippen LogP contribution is -2.31. The second kappa shape index (κ2) is 4.82. The minimum absolute atomic E-state index is 0.457. The summed E-state index contributed by atoms with van der Waals surface area (Å²) in [6.07, 6.45) is 5.22. The Labute approximate surface area is 116 Å². The first-order valence-corrected chi connectivity index (χ1v) is 7.48. The van der Waals surface area contributed by atoms with E-state index in [1.54, 1.807) is 12.7 Å². The maximum atomic E-state index is 5.37. The summed E-state index contributed by atoms with van der Waals surface area (Å²) in [5, 5.41) is 0. The van der Waals surface area contributed by atoms with Crippen LogP contribution in [0.1, 0.15) is 43.2 Å². The number of benzene rings is 1. The van der Waals surface area contributed by atoms with E-state index in [0.717, 1.165) is 11.7 Å². The monoisotopic (exact) mass is 259 g/mol. The standard InChI is InChI=1S/C17H25NO/c1-17(9-10-18(2)12-17)16-6-4-5-13-11-14(19-3)7-8-15(13)16/h7-8,11,16H,4-6,9-10,12H2,1-3H3. The second-order valence-corrected chi connectivity index (χ2v) is 6.65. The van der Waals surface area contributed by atoms with Crippen LogP contribution < -0.4 is 4.74 Å². The molecule has 0 amide bonds. The number of aryl methyl sites for hydroxylation is 1. The summed E-state index contributed by atoms with van der Waals surface area (Å²) >= 11 is 0. The number of methoxy groups -OCH3 is 1. The highest BCUT2D eigenvalue weighted by molar-refractivity contribution is 5.40. The molecule has 2 atom stereocenters. The molecule has 1 saturated heterocycles. The molecule has 0 N–H and O–H groups in total. The summed E-state index contributed by atoms with van der Waals surface area (Å²) < 4.78 is 5.37. The Morgan fingerprint density at radius 1 is 1.37 bits per heavy atom. The van der Waals surface area contributed by atoms with Gasteiger partial charge in [-0.15, -0.1) is 0 Å². The molecule has 104 valence electrons. The first-order chi connectivity index (χ1) is 9.12. The number of nitrogens with zero attached hydrogens (tertiary/aromatic N) is 1. The van der Waals surface area contributed by atoms with Crippen molar-refractivity contribution in [2.45, 2.75) is 38.5 Å². The molecule has 2 heteroatoms. The minimum atomic E-state index is 0.457. The molecule has 1 aliphatic carbocycles. The van der Waals surface area contributed by atoms with E-state index in [-0.39, 0.29) is 0 Å². The summed E-state index contributed by atoms with van der Waals surface area (Å²) in [4.78, 5) is 2.48. The van der Waals surface area contributed by atoms with Gasteiger partial charge in [0.05, 0.1) is 7.11 Å². The van der Waals surface area contributed by atoms with E-state index in [1.807, 2.05) is 0 Å². The first kappa shape index (κ1) is 13.0. The van der Waals surface area contributed by atoms with E-state index in [4.69, 9.17) is 4.74 Å². The normalized spacial score (nSPS) is 31.2. The lowest BCUT2D eigenvalue weighted by Gasteiger charge is -2.38. The fourth-order valence-electron chi connectivity index (χ4n) is 4.15. The molecule has 2 nitrogen and oxygen atoms in total. The van der Waals surface area contributed by atoms with Crippen molar-refractivity contribution in [3.63, 3.8) is 0 Å². The lowest BCUT2D eigenvalue weighted by molar-refractivity contribution is 0.232. The zero-order valence-electron chi connectivity index (χ0n) is 12.4. The quantitative estimate of drug-likeness (QED) is 0.806. The van der Waals surface area contributed by atoms with Crippen molar-refractivity contribution >= 4 is 0 Å². The van der Waals surface area contributed by atoms with Gasteiger partial charge in [-0.3, -0.25) is 0 Å². The molecule has 1 aromatic carbocycles. The molecule has 1 fully saturated rings. The third-order valence-corrected chi connectivity index (χ3v) is 5.20. The number of fused-ring (bicyclic) bond motifs is 1. The largest absolute Gasteiger partial charge is 0.497 e. The van der Waals surface area contributed by atoms with Crippen molar-refractivity contribution in [3.05, 3.63) is 29.3 Å². The van der Waals surface area contributed by atoms with E-state index in [2.05, 4.69) is 37.1 Å². The zero-order valence-corrected chi connectivity index (χ0v) is 12.4. The molecule has 0 bridgehead atoms. The summed E-state index contributed by atoms with van der Waals surface area (Å²) in [6.45, 7) is 4.97. The van der Waals surface area contributed by atoms with Crippen molar-refractivity contribution in [2.24, 2.45) is 5.41 Å². The lowest BCUT2D eigenvalue weighted by atomic mass is 9.67. The van der Waals surface area contributed by atoms with Crippen molar-refractivity contribution in [1.29, 1.82) is 0 Å². The van der Waals surface area contributed by atoms with Crippen LogP contribution in [0.15, 0.2) is 18.2 Å². The van der Waals surface area contributed by atoms with E-state index in [1.165, 1.54) is 44.3 Å². The Balaban J connectivity index is 1.94. The number of hydrogen-bond donors (Lipinski definition) is 0. The molecule has 3 rings (SSSR count). The Bertz CT molecular complexity index is 470. The fraction of sp³-hybridized carbons (Fsp3) is 0.647. The molecule has 2 unspecified atom stereocenters. The van der Waals surface area contributed by atoms with Crippen molar-refractivity contribution in [2.75, 3.05) is 27.2 Å². The fourth-order valence-corrected chi connectivity index (χ4v) is 4.15. The second-order valence-electron chi connectivity index (χ2n) is 6.65. The highest BCUT2D eigenvalue weighted by Crippen LogP contribution is 2.49. The van der Waals surface area contributed by atoms with Crippen molar-refractivity contribution < 1.29 is 4.74 Å². The topological polar surface area (TPSA) is 12.5 Å². The Morgan fingerprint density at radius 2 is 2.21 bits per heavy atom. The highest BCUT2D eigenvalue weighted by Gasteiger charge is 2.41. The van der Waals surface area contributed by atoms with Crippen LogP contribution in [0.25, 0.3) is 0 Å². The molecule has 0 spiro atoms. The zero-order chi connectivity index (χ0) is 13.5. The predicted molar refractivity (Wildman–Crippen MR) is 78.9 cm³/mol. The average Bonchev–Trinajstić information content (AvgIpc) is 2.78. The van der Waals surface area contributed by atoms with Crippen LogP contribution in [-0.2, 0) is 6.42 Å². The van der Waals surface area contributed by atoms with Crippen LogP contribution in [0.2, 0.25) is 0 Å². The summed E-state index contributed by atoms with van der Waals surface area (Å²) in [5.74, 6) is 1.74. The molecule has 2 aliphatic rings. The van der Waals surface area contributed by atoms with Gasteiger partial charge in [0.2, 0.25) is 0 Å². The maximum absolute atomic E-state index is 5.37. The van der Waals surface area contributed by atoms with E-state index >= 15 is 0 Å². The van der Waals surface area contributed by atoms with E-state index in [9.17, 15) is 0 Å². The molecule has 1 heterocycles. The molecular weight excluding hydrogens is 234 g/mol. The smallest absolute Gasteiger partial charge is 0.119 e. The third-order valence-electron chi connectivity index (χ3n) is 5.20. The maximum Gasteiger partial charge on any atom is 0.119 e. The predicted octanol–water partition coefficient (Wildman–Crippen LogP) is 3.46. The van der Waals surface area contributed by atoms with Gasteiger partial charge in [-0.2, -0.15) is 0 Å². The van der Waals surface area contributed by atoms with Crippen LogP contribution in [0.5, 0.6) is 5.75 Å². The van der Waals surface area contributed by atoms with Crippen molar-refractivity contribution in [1.82, 2.24) is 4.90 Å². The Kier molecular flexibility index (Phi) is 3.30. The van der Waals surface area contributed by atoms with Gasteiger partial charge in [0, 0.05) is 6.54 Å². The van der Waals surface area contributed by atoms with Crippen molar-refractivity contribution in [3.8, 4) is 5.75 Å². The molecule has 0 aromatic heterocycles. The molecule has 19 heavy (non-hydrogen) atoms. The van der Waals surface area contributed by atoms with Gasteiger partial charge in [0.15, 0.2) is 0 Å². The minimum Gasteiger partial charge on any atom is -0.497 e. The third kappa shape index (κ3) is 2.27.